The summed E-state index contributed by atoms with van der Waals surface area (Å²) in [6.45, 7) is 2.41. The molecule has 21 heavy (non-hydrogen) atoms. The Kier molecular flexibility index (Phi) is 3.65. The lowest BCUT2D eigenvalue weighted by molar-refractivity contribution is 0.275. The van der Waals surface area contributed by atoms with Crippen molar-refractivity contribution in [1.29, 1.82) is 5.26 Å². The minimum Gasteiger partial charge on any atom is -0.457 e. The van der Waals surface area contributed by atoms with Gasteiger partial charge < -0.3 is 14.4 Å². The molecule has 5 heteroatoms. The van der Waals surface area contributed by atoms with Crippen LogP contribution in [0.3, 0.4) is 0 Å². The van der Waals surface area contributed by atoms with Crippen LogP contribution < -0.4 is 10.2 Å². The molecule has 0 radical (unpaired) electrons. The van der Waals surface area contributed by atoms with Crippen molar-refractivity contribution in [3.8, 4) is 17.6 Å². The molecule has 104 valence electrons. The summed E-state index contributed by atoms with van der Waals surface area (Å²) in [6.07, 6.45) is 0.789. The molecule has 1 aliphatic rings. The molecule has 0 atom stereocenters. The average Bonchev–Trinajstić information content (AvgIpc) is 2.88. The normalized spacial score (nSPS) is 12.9. The Balaban J connectivity index is 1.89. The number of aryl methyl sites for hydroxylation is 1. The number of hydrogen-bond donors (Lipinski definition) is 1. The third-order valence-corrected chi connectivity index (χ3v) is 3.58. The Morgan fingerprint density at radius 3 is 2.95 bits per heavy atom. The second-order valence-corrected chi connectivity index (χ2v) is 4.91. The fourth-order valence-corrected chi connectivity index (χ4v) is 2.42. The molecule has 0 aliphatic carbocycles. The third-order valence-electron chi connectivity index (χ3n) is 3.58. The van der Waals surface area contributed by atoms with Crippen LogP contribution in [0.1, 0.15) is 23.6 Å². The Morgan fingerprint density at radius 1 is 1.33 bits per heavy atom. The molecule has 0 amide bonds. The SMILES string of the molecule is CCc1cc(C#N)ccc1Oc1ccc2c(c1)COB2O. The molecular formula is C16H14BNO3. The zero-order valence-electron chi connectivity index (χ0n) is 11.7. The first kappa shape index (κ1) is 13.7. The lowest BCUT2D eigenvalue weighted by Crippen LogP contribution is -2.27. The van der Waals surface area contributed by atoms with E-state index in [9.17, 15) is 5.02 Å². The van der Waals surface area contributed by atoms with Crippen molar-refractivity contribution in [2.24, 2.45) is 0 Å². The molecule has 1 heterocycles. The lowest BCUT2D eigenvalue weighted by atomic mass is 9.80. The molecule has 0 aromatic heterocycles. The highest BCUT2D eigenvalue weighted by atomic mass is 16.5. The molecule has 0 saturated carbocycles. The molecule has 0 bridgehead atoms. The first-order valence-electron chi connectivity index (χ1n) is 6.84. The summed E-state index contributed by atoms with van der Waals surface area (Å²) < 4.78 is 11.1. The molecule has 0 spiro atoms. The maximum absolute atomic E-state index is 9.61. The Hall–Kier alpha value is -2.29. The van der Waals surface area contributed by atoms with E-state index in [1.165, 1.54) is 0 Å². The summed E-state index contributed by atoms with van der Waals surface area (Å²) in [5, 5.41) is 18.5. The topological polar surface area (TPSA) is 62.5 Å². The Labute approximate surface area is 123 Å². The Bertz CT molecular complexity index is 724. The lowest BCUT2D eigenvalue weighted by Gasteiger charge is -2.11. The number of nitrogens with zero attached hydrogens (tertiary/aromatic N) is 1. The highest BCUT2D eigenvalue weighted by Crippen LogP contribution is 2.28. The van der Waals surface area contributed by atoms with Gasteiger partial charge in [0.05, 0.1) is 18.2 Å². The number of hydrogen-bond acceptors (Lipinski definition) is 4. The fraction of sp³-hybridized carbons (Fsp3) is 0.188. The van der Waals surface area contributed by atoms with E-state index in [0.29, 0.717) is 17.9 Å². The van der Waals surface area contributed by atoms with Gasteiger partial charge >= 0.3 is 7.12 Å². The summed E-state index contributed by atoms with van der Waals surface area (Å²) >= 11 is 0. The van der Waals surface area contributed by atoms with Crippen molar-refractivity contribution in [3.05, 3.63) is 53.1 Å². The van der Waals surface area contributed by atoms with Crippen LogP contribution in [-0.2, 0) is 17.7 Å². The standard InChI is InChI=1S/C16H14BNO3/c1-2-12-7-11(9-18)3-6-16(12)21-14-4-5-15-13(8-14)10-20-17(15)19/h3-8,19H,2,10H2,1H3. The van der Waals surface area contributed by atoms with E-state index in [0.717, 1.165) is 28.8 Å². The minimum atomic E-state index is -0.838. The van der Waals surface area contributed by atoms with Gasteiger partial charge in [0.25, 0.3) is 0 Å². The van der Waals surface area contributed by atoms with Crippen LogP contribution in [-0.4, -0.2) is 12.1 Å². The molecule has 3 rings (SSSR count). The molecular weight excluding hydrogens is 265 g/mol. The van der Waals surface area contributed by atoms with Gasteiger partial charge in [0.2, 0.25) is 0 Å². The van der Waals surface area contributed by atoms with Crippen LogP contribution >= 0.6 is 0 Å². The fourth-order valence-electron chi connectivity index (χ4n) is 2.42. The second kappa shape index (κ2) is 5.61. The van der Waals surface area contributed by atoms with Crippen molar-refractivity contribution in [1.82, 2.24) is 0 Å². The van der Waals surface area contributed by atoms with Gasteiger partial charge in [-0.05, 0) is 53.3 Å². The van der Waals surface area contributed by atoms with Gasteiger partial charge in [0, 0.05) is 0 Å². The van der Waals surface area contributed by atoms with Crippen molar-refractivity contribution >= 4 is 12.6 Å². The maximum Gasteiger partial charge on any atom is 0.491 e. The Morgan fingerprint density at radius 2 is 2.19 bits per heavy atom. The van der Waals surface area contributed by atoms with E-state index in [1.807, 2.05) is 37.3 Å². The first-order chi connectivity index (χ1) is 10.2. The number of fused-ring (bicyclic) bond motifs is 1. The van der Waals surface area contributed by atoms with Gasteiger partial charge in [0.15, 0.2) is 0 Å². The number of nitriles is 1. The molecule has 0 fully saturated rings. The summed E-state index contributed by atoms with van der Waals surface area (Å²) in [7, 11) is -0.838. The van der Waals surface area contributed by atoms with Gasteiger partial charge in [-0.25, -0.2) is 0 Å². The van der Waals surface area contributed by atoms with E-state index >= 15 is 0 Å². The maximum atomic E-state index is 9.61. The van der Waals surface area contributed by atoms with Crippen LogP contribution in [0.15, 0.2) is 36.4 Å². The molecule has 1 aliphatic heterocycles. The van der Waals surface area contributed by atoms with Gasteiger partial charge in [-0.15, -0.1) is 0 Å². The van der Waals surface area contributed by atoms with Crippen LogP contribution in [0, 0.1) is 11.3 Å². The van der Waals surface area contributed by atoms with E-state index < -0.39 is 7.12 Å². The van der Waals surface area contributed by atoms with Crippen molar-refractivity contribution in [3.63, 3.8) is 0 Å². The van der Waals surface area contributed by atoms with Gasteiger partial charge in [0.1, 0.15) is 11.5 Å². The molecule has 2 aromatic carbocycles. The molecule has 0 unspecified atom stereocenters. The molecule has 0 saturated heterocycles. The van der Waals surface area contributed by atoms with Gasteiger partial charge in [-0.1, -0.05) is 13.0 Å². The van der Waals surface area contributed by atoms with Crippen molar-refractivity contribution in [2.75, 3.05) is 0 Å². The molecule has 2 aromatic rings. The second-order valence-electron chi connectivity index (χ2n) is 4.91. The number of benzene rings is 2. The van der Waals surface area contributed by atoms with Crippen LogP contribution in [0.5, 0.6) is 11.5 Å². The predicted octanol–water partition coefficient (Wildman–Crippen LogP) is 2.13. The van der Waals surface area contributed by atoms with Crippen LogP contribution in [0.2, 0.25) is 0 Å². The van der Waals surface area contributed by atoms with Crippen molar-refractivity contribution < 1.29 is 14.4 Å². The van der Waals surface area contributed by atoms with E-state index in [1.54, 1.807) is 6.07 Å². The van der Waals surface area contributed by atoms with E-state index in [-0.39, 0.29) is 0 Å². The van der Waals surface area contributed by atoms with Crippen LogP contribution in [0.25, 0.3) is 0 Å². The summed E-state index contributed by atoms with van der Waals surface area (Å²) in [6, 6.07) is 13.0. The van der Waals surface area contributed by atoms with Crippen molar-refractivity contribution in [2.45, 2.75) is 20.0 Å². The highest BCUT2D eigenvalue weighted by Gasteiger charge is 2.27. The van der Waals surface area contributed by atoms with E-state index in [4.69, 9.17) is 14.7 Å². The summed E-state index contributed by atoms with van der Waals surface area (Å²) in [4.78, 5) is 0. The first-order valence-corrected chi connectivity index (χ1v) is 6.84. The third kappa shape index (κ3) is 2.64. The zero-order chi connectivity index (χ0) is 14.8. The smallest absolute Gasteiger partial charge is 0.457 e. The summed E-state index contributed by atoms with van der Waals surface area (Å²) in [5.41, 5.74) is 3.35. The molecule has 1 N–H and O–H groups in total. The predicted molar refractivity (Wildman–Crippen MR) is 79.4 cm³/mol. The monoisotopic (exact) mass is 279 g/mol. The van der Waals surface area contributed by atoms with Gasteiger partial charge in [-0.3, -0.25) is 0 Å². The average molecular weight is 279 g/mol. The minimum absolute atomic E-state index is 0.391. The zero-order valence-corrected chi connectivity index (χ0v) is 11.7. The quantitative estimate of drug-likeness (QED) is 0.874. The number of rotatable bonds is 3. The van der Waals surface area contributed by atoms with E-state index in [2.05, 4.69) is 6.07 Å². The van der Waals surface area contributed by atoms with Crippen LogP contribution in [0.4, 0.5) is 0 Å². The largest absolute Gasteiger partial charge is 0.491 e. The molecule has 4 nitrogen and oxygen atoms in total. The van der Waals surface area contributed by atoms with Gasteiger partial charge in [-0.2, -0.15) is 5.26 Å². The number of ether oxygens (including phenoxy) is 1. The summed E-state index contributed by atoms with van der Waals surface area (Å²) in [5.74, 6) is 1.45. The highest BCUT2D eigenvalue weighted by molar-refractivity contribution is 6.61.